The SMILES string of the molecule is C=C(C)C(=O)NS(=O)(=O)c1ccc(C)cc1.C=C(C)C(=O)Oc1ccc(S(=O)(=O)NS(=O)(=O)c2ccc(C)cc2)cc1.C=C(C)C(=O)Oc1ccc(S(=O)(=O)NS(C)(=O)=O)cc1. The number of carbonyl (C=O) groups is 3. The number of sulfonamides is 5. The molecule has 0 spiro atoms. The van der Waals surface area contributed by atoms with Crippen molar-refractivity contribution in [1.29, 1.82) is 0 Å². The Balaban J connectivity index is 0.000000331. The van der Waals surface area contributed by atoms with Gasteiger partial charge < -0.3 is 9.47 Å². The topological polar surface area (TPSA) is 276 Å². The van der Waals surface area contributed by atoms with E-state index in [0.717, 1.165) is 41.6 Å². The van der Waals surface area contributed by atoms with Gasteiger partial charge in [-0.3, -0.25) is 4.79 Å². The van der Waals surface area contributed by atoms with E-state index >= 15 is 0 Å². The average molecular weight is 954 g/mol. The van der Waals surface area contributed by atoms with E-state index in [2.05, 4.69) is 19.7 Å². The molecule has 334 valence electrons. The molecular weight excluding hydrogens is 911 g/mol. The first-order valence-corrected chi connectivity index (χ1v) is 25.0. The fourth-order valence-corrected chi connectivity index (χ4v) is 10.4. The molecule has 18 nitrogen and oxygen atoms in total. The lowest BCUT2D eigenvalue weighted by Crippen LogP contribution is -2.30. The second-order valence-electron chi connectivity index (χ2n) is 13.1. The maximum Gasteiger partial charge on any atom is 0.338 e. The van der Waals surface area contributed by atoms with Crippen molar-refractivity contribution in [3.05, 3.63) is 145 Å². The molecule has 0 atom stereocenters. The minimum Gasteiger partial charge on any atom is -0.423 e. The highest BCUT2D eigenvalue weighted by molar-refractivity contribution is 8.05. The lowest BCUT2D eigenvalue weighted by atomic mass is 10.2. The number of nitrogens with one attached hydrogen (secondary N) is 3. The Kier molecular flexibility index (Phi) is 18.0. The summed E-state index contributed by atoms with van der Waals surface area (Å²) < 4.78 is 133. The third-order valence-electron chi connectivity index (χ3n) is 7.14. The van der Waals surface area contributed by atoms with E-state index in [-0.39, 0.29) is 47.8 Å². The van der Waals surface area contributed by atoms with Gasteiger partial charge in [0.2, 0.25) is 10.0 Å². The van der Waals surface area contributed by atoms with Crippen LogP contribution in [0, 0.1) is 13.8 Å². The normalized spacial score (nSPS) is 11.6. The summed E-state index contributed by atoms with van der Waals surface area (Å²) in [5, 5.41) is 0. The van der Waals surface area contributed by atoms with Crippen molar-refractivity contribution >= 4 is 68.0 Å². The van der Waals surface area contributed by atoms with Gasteiger partial charge in [-0.1, -0.05) is 55.1 Å². The van der Waals surface area contributed by atoms with Crippen LogP contribution in [0.5, 0.6) is 11.5 Å². The van der Waals surface area contributed by atoms with Crippen molar-refractivity contribution in [3.63, 3.8) is 0 Å². The Labute approximate surface area is 361 Å². The molecule has 0 aliphatic carbocycles. The molecule has 0 radical (unpaired) electrons. The first kappa shape index (κ1) is 52.3. The molecule has 4 aromatic carbocycles. The lowest BCUT2D eigenvalue weighted by Gasteiger charge is -2.09. The third-order valence-corrected chi connectivity index (χ3v) is 15.0. The van der Waals surface area contributed by atoms with Crippen molar-refractivity contribution < 1.29 is 65.9 Å². The maximum absolute atomic E-state index is 12.3. The molecule has 0 unspecified atom stereocenters. The van der Waals surface area contributed by atoms with Crippen molar-refractivity contribution in [2.24, 2.45) is 0 Å². The zero-order valence-corrected chi connectivity index (χ0v) is 38.1. The van der Waals surface area contributed by atoms with Crippen LogP contribution >= 0.6 is 0 Å². The zero-order valence-electron chi connectivity index (χ0n) is 34.0. The molecule has 4 aromatic rings. The highest BCUT2D eigenvalue weighted by atomic mass is 32.3. The number of esters is 2. The summed E-state index contributed by atoms with van der Waals surface area (Å²) >= 11 is 0. The summed E-state index contributed by atoms with van der Waals surface area (Å²) in [7, 11) is -20.5. The second-order valence-corrected chi connectivity index (χ2v) is 22.1. The number of aryl methyl sites for hydroxylation is 2. The number of amides is 1. The molecule has 4 rings (SSSR count). The summed E-state index contributed by atoms with van der Waals surface area (Å²) in [6.45, 7) is 18.2. The van der Waals surface area contributed by atoms with E-state index in [1.807, 2.05) is 11.6 Å². The van der Waals surface area contributed by atoms with E-state index < -0.39 is 68.0 Å². The van der Waals surface area contributed by atoms with Crippen molar-refractivity contribution in [2.75, 3.05) is 6.26 Å². The Morgan fingerprint density at radius 2 is 0.710 bits per heavy atom. The molecule has 0 fully saturated rings. The Hall–Kier alpha value is -5.82. The van der Waals surface area contributed by atoms with Gasteiger partial charge in [-0.2, -0.15) is 0 Å². The minimum atomic E-state index is -4.33. The van der Waals surface area contributed by atoms with Gasteiger partial charge in [-0.15, -0.1) is 8.25 Å². The van der Waals surface area contributed by atoms with E-state index in [1.165, 1.54) is 73.4 Å². The standard InChI is InChI=1S/C17H17NO6S2.C11H13NO6S2.C11H13NO3S/c1-12(2)17(19)24-14-6-10-16(11-7-14)26(22,23)18-25(20,21)15-8-4-13(3)5-9-15;1-8(2)11(13)18-9-4-6-10(7-5-9)20(16,17)12-19(3,14)15;1-8(2)11(13)12-16(14,15)10-6-4-9(3)5-7-10/h4-11,18H,1H2,2-3H3;4-7,12H,1H2,2-3H3;4-7H,1H2,2-3H3,(H,12,13). The number of hydrogen-bond acceptors (Lipinski definition) is 15. The summed E-state index contributed by atoms with van der Waals surface area (Å²) in [5.74, 6) is -1.76. The lowest BCUT2D eigenvalue weighted by molar-refractivity contribution is -0.130. The van der Waals surface area contributed by atoms with Crippen LogP contribution in [0.4, 0.5) is 0 Å². The molecular formula is C39H43N3O15S5. The Morgan fingerprint density at radius 3 is 0.984 bits per heavy atom. The first-order chi connectivity index (χ1) is 28.3. The Morgan fingerprint density at radius 1 is 0.435 bits per heavy atom. The van der Waals surface area contributed by atoms with Crippen molar-refractivity contribution in [1.82, 2.24) is 13.0 Å². The van der Waals surface area contributed by atoms with Gasteiger partial charge >= 0.3 is 11.9 Å². The quantitative estimate of drug-likeness (QED) is 0.0918. The Bertz CT molecular complexity index is 2910. The first-order valence-electron chi connectivity index (χ1n) is 17.2. The number of hydrogen-bond donors (Lipinski definition) is 3. The number of benzene rings is 4. The number of rotatable bonds is 14. The summed E-state index contributed by atoms with van der Waals surface area (Å²) in [6, 6.07) is 21.4. The van der Waals surface area contributed by atoms with Crippen LogP contribution in [-0.4, -0.2) is 66.2 Å². The van der Waals surface area contributed by atoms with Gasteiger partial charge in [0.1, 0.15) is 11.5 Å². The van der Waals surface area contributed by atoms with Crippen LogP contribution in [0.3, 0.4) is 0 Å². The van der Waals surface area contributed by atoms with Crippen LogP contribution in [0.2, 0.25) is 0 Å². The summed E-state index contributed by atoms with van der Waals surface area (Å²) in [5.41, 5.74) is 2.32. The van der Waals surface area contributed by atoms with E-state index in [1.54, 1.807) is 35.3 Å². The largest absolute Gasteiger partial charge is 0.423 e. The molecule has 1 amide bonds. The fourth-order valence-electron chi connectivity index (χ4n) is 3.95. The highest BCUT2D eigenvalue weighted by Gasteiger charge is 2.25. The second kappa shape index (κ2) is 21.3. The van der Waals surface area contributed by atoms with Crippen LogP contribution in [0.1, 0.15) is 31.9 Å². The smallest absolute Gasteiger partial charge is 0.338 e. The van der Waals surface area contributed by atoms with Crippen molar-refractivity contribution in [2.45, 2.75) is 54.2 Å². The predicted octanol–water partition coefficient (Wildman–Crippen LogP) is 3.93. The van der Waals surface area contributed by atoms with E-state index in [0.29, 0.717) is 0 Å². The van der Waals surface area contributed by atoms with Gasteiger partial charge in [-0.05, 0) is 107 Å². The van der Waals surface area contributed by atoms with Gasteiger partial charge in [0.15, 0.2) is 0 Å². The highest BCUT2D eigenvalue weighted by Crippen LogP contribution is 2.20. The van der Waals surface area contributed by atoms with Gasteiger partial charge in [0, 0.05) is 16.7 Å². The predicted molar refractivity (Wildman–Crippen MR) is 229 cm³/mol. The molecule has 0 aromatic heterocycles. The van der Waals surface area contributed by atoms with Crippen LogP contribution in [0.15, 0.2) is 153 Å². The molecule has 0 saturated heterocycles. The van der Waals surface area contributed by atoms with Gasteiger partial charge in [0.05, 0.1) is 25.8 Å². The molecule has 0 aliphatic rings. The van der Waals surface area contributed by atoms with E-state index in [9.17, 15) is 56.5 Å². The summed E-state index contributed by atoms with van der Waals surface area (Å²) in [6.07, 6.45) is 0.730. The monoisotopic (exact) mass is 953 g/mol. The van der Waals surface area contributed by atoms with Gasteiger partial charge in [0.25, 0.3) is 46.0 Å². The summed E-state index contributed by atoms with van der Waals surface area (Å²) in [4.78, 5) is 33.2. The maximum atomic E-state index is 12.3. The molecule has 0 bridgehead atoms. The third kappa shape index (κ3) is 16.9. The molecule has 23 heteroatoms. The van der Waals surface area contributed by atoms with Gasteiger partial charge in [-0.25, -0.2) is 56.4 Å². The molecule has 0 heterocycles. The number of carbonyl (C=O) groups excluding carboxylic acids is 3. The van der Waals surface area contributed by atoms with Crippen LogP contribution in [-0.2, 0) is 64.5 Å². The number of ether oxygens (including phenoxy) is 2. The molecule has 0 saturated carbocycles. The minimum absolute atomic E-state index is 0.0627. The molecule has 3 N–H and O–H groups in total. The fraction of sp³-hybridized carbons (Fsp3) is 0.154. The van der Waals surface area contributed by atoms with E-state index in [4.69, 9.17) is 9.47 Å². The van der Waals surface area contributed by atoms with Crippen LogP contribution < -0.4 is 22.5 Å². The van der Waals surface area contributed by atoms with Crippen molar-refractivity contribution in [3.8, 4) is 11.5 Å². The van der Waals surface area contributed by atoms with Crippen LogP contribution in [0.25, 0.3) is 0 Å². The zero-order chi connectivity index (χ0) is 47.4. The molecule has 0 aliphatic heterocycles. The average Bonchev–Trinajstić information content (AvgIpc) is 3.14. The molecule has 62 heavy (non-hydrogen) atoms.